The Morgan fingerprint density at radius 1 is 0.821 bits per heavy atom. The summed E-state index contributed by atoms with van der Waals surface area (Å²) >= 11 is 0. The molecule has 1 heterocycles. The highest BCUT2D eigenvalue weighted by atomic mass is 16.2. The normalized spacial score (nSPS) is 10.2. The molecular formula is C22H22N4O2. The molecule has 6 nitrogen and oxygen atoms in total. The predicted molar refractivity (Wildman–Crippen MR) is 112 cm³/mol. The molecule has 0 fully saturated rings. The van der Waals surface area contributed by atoms with Gasteiger partial charge in [0.05, 0.1) is 11.9 Å². The number of nitrogens with zero attached hydrogens (tertiary/aromatic N) is 1. The number of carbonyl (C=O) groups is 2. The molecule has 1 aromatic heterocycles. The molecule has 0 atom stereocenters. The number of pyridine rings is 1. The topological polar surface area (TPSA) is 83.1 Å². The van der Waals surface area contributed by atoms with Gasteiger partial charge >= 0.3 is 0 Å². The van der Waals surface area contributed by atoms with Crippen molar-refractivity contribution in [1.82, 2.24) is 4.98 Å². The van der Waals surface area contributed by atoms with E-state index in [1.165, 1.54) is 6.92 Å². The van der Waals surface area contributed by atoms with Crippen LogP contribution in [-0.2, 0) is 4.79 Å². The van der Waals surface area contributed by atoms with E-state index in [0.717, 1.165) is 16.8 Å². The van der Waals surface area contributed by atoms with Crippen LogP contribution < -0.4 is 16.0 Å². The van der Waals surface area contributed by atoms with Gasteiger partial charge in [-0.1, -0.05) is 12.1 Å². The summed E-state index contributed by atoms with van der Waals surface area (Å²) in [5.74, 6) is 0.330. The zero-order valence-electron chi connectivity index (χ0n) is 16.0. The van der Waals surface area contributed by atoms with Gasteiger partial charge in [-0.2, -0.15) is 0 Å². The minimum Gasteiger partial charge on any atom is -0.340 e. The first kappa shape index (κ1) is 19.1. The van der Waals surface area contributed by atoms with E-state index in [0.29, 0.717) is 22.8 Å². The maximum absolute atomic E-state index is 12.4. The Kier molecular flexibility index (Phi) is 5.69. The standard InChI is InChI=1S/C22H22N4O2/c1-14-7-8-17(11-15(14)2)22(28)26-20-9-10-21(23-13-20)25-19-6-4-5-18(12-19)24-16(3)27/h4-13H,1-3H3,(H,23,25)(H,24,27)(H,26,28). The number of anilines is 4. The number of rotatable bonds is 5. The molecule has 6 heteroatoms. The van der Waals surface area contributed by atoms with Crippen LogP contribution in [0.5, 0.6) is 0 Å². The largest absolute Gasteiger partial charge is 0.340 e. The number of carbonyl (C=O) groups excluding carboxylic acids is 2. The minimum absolute atomic E-state index is 0.126. The monoisotopic (exact) mass is 374 g/mol. The zero-order chi connectivity index (χ0) is 20.1. The Hall–Kier alpha value is -3.67. The second kappa shape index (κ2) is 8.35. The SMILES string of the molecule is CC(=O)Nc1cccc(Nc2ccc(NC(=O)c3ccc(C)c(C)c3)cn2)c1. The minimum atomic E-state index is -0.173. The average molecular weight is 374 g/mol. The van der Waals surface area contributed by atoms with Crippen LogP contribution in [0.25, 0.3) is 0 Å². The Morgan fingerprint density at radius 2 is 1.61 bits per heavy atom. The third kappa shape index (κ3) is 4.94. The predicted octanol–water partition coefficient (Wildman–Crippen LogP) is 4.65. The molecule has 0 saturated carbocycles. The van der Waals surface area contributed by atoms with Gasteiger partial charge in [0.1, 0.15) is 5.82 Å². The number of nitrogens with one attached hydrogen (secondary N) is 3. The Labute approximate surface area is 164 Å². The molecule has 0 aliphatic carbocycles. The van der Waals surface area contributed by atoms with Crippen LogP contribution in [0.3, 0.4) is 0 Å². The van der Waals surface area contributed by atoms with Gasteiger partial charge in [-0.05, 0) is 67.4 Å². The molecule has 3 rings (SSSR count). The highest BCUT2D eigenvalue weighted by Crippen LogP contribution is 2.20. The van der Waals surface area contributed by atoms with Gasteiger partial charge in [-0.25, -0.2) is 4.98 Å². The lowest BCUT2D eigenvalue weighted by atomic mass is 10.1. The average Bonchev–Trinajstić information content (AvgIpc) is 2.65. The molecule has 2 aromatic carbocycles. The van der Waals surface area contributed by atoms with Gasteiger partial charge in [0.15, 0.2) is 0 Å². The molecule has 142 valence electrons. The Morgan fingerprint density at radius 3 is 2.29 bits per heavy atom. The highest BCUT2D eigenvalue weighted by Gasteiger charge is 2.08. The summed E-state index contributed by atoms with van der Waals surface area (Å²) in [6, 6.07) is 16.5. The van der Waals surface area contributed by atoms with Crippen molar-refractivity contribution in [2.45, 2.75) is 20.8 Å². The van der Waals surface area contributed by atoms with E-state index >= 15 is 0 Å². The molecule has 28 heavy (non-hydrogen) atoms. The summed E-state index contributed by atoms with van der Waals surface area (Å²) < 4.78 is 0. The smallest absolute Gasteiger partial charge is 0.255 e. The van der Waals surface area contributed by atoms with Crippen LogP contribution in [0.1, 0.15) is 28.4 Å². The van der Waals surface area contributed by atoms with Crippen LogP contribution in [0.4, 0.5) is 22.9 Å². The fourth-order valence-corrected chi connectivity index (χ4v) is 2.65. The molecule has 3 aromatic rings. The number of amides is 2. The van der Waals surface area contributed by atoms with Gasteiger partial charge in [0.25, 0.3) is 5.91 Å². The van der Waals surface area contributed by atoms with E-state index in [-0.39, 0.29) is 11.8 Å². The fourth-order valence-electron chi connectivity index (χ4n) is 2.65. The van der Waals surface area contributed by atoms with E-state index in [1.54, 1.807) is 18.3 Å². The summed E-state index contributed by atoms with van der Waals surface area (Å²) in [5.41, 5.74) is 4.95. The van der Waals surface area contributed by atoms with E-state index in [9.17, 15) is 9.59 Å². The highest BCUT2D eigenvalue weighted by molar-refractivity contribution is 6.04. The van der Waals surface area contributed by atoms with Crippen molar-refractivity contribution in [2.24, 2.45) is 0 Å². The van der Waals surface area contributed by atoms with Gasteiger partial charge in [0, 0.05) is 23.9 Å². The van der Waals surface area contributed by atoms with Crippen LogP contribution in [0.2, 0.25) is 0 Å². The van der Waals surface area contributed by atoms with Crippen molar-refractivity contribution < 1.29 is 9.59 Å². The third-order valence-electron chi connectivity index (χ3n) is 4.25. The van der Waals surface area contributed by atoms with E-state index in [2.05, 4.69) is 20.9 Å². The molecule has 0 radical (unpaired) electrons. The van der Waals surface area contributed by atoms with Crippen LogP contribution in [0, 0.1) is 13.8 Å². The Balaban J connectivity index is 1.65. The maximum atomic E-state index is 12.4. The van der Waals surface area contributed by atoms with Crippen molar-refractivity contribution in [3.63, 3.8) is 0 Å². The number of hydrogen-bond donors (Lipinski definition) is 3. The lowest BCUT2D eigenvalue weighted by Crippen LogP contribution is -2.12. The molecule has 2 amide bonds. The first-order valence-electron chi connectivity index (χ1n) is 8.90. The van der Waals surface area contributed by atoms with E-state index < -0.39 is 0 Å². The zero-order valence-corrected chi connectivity index (χ0v) is 16.0. The molecule has 0 bridgehead atoms. The number of aryl methyl sites for hydroxylation is 2. The van der Waals surface area contributed by atoms with Crippen molar-refractivity contribution in [3.05, 3.63) is 77.5 Å². The Bertz CT molecular complexity index is 1010. The van der Waals surface area contributed by atoms with Gasteiger partial charge < -0.3 is 16.0 Å². The summed E-state index contributed by atoms with van der Waals surface area (Å²) in [6.07, 6.45) is 1.60. The number of aromatic nitrogens is 1. The first-order chi connectivity index (χ1) is 13.4. The van der Waals surface area contributed by atoms with Crippen molar-refractivity contribution in [1.29, 1.82) is 0 Å². The van der Waals surface area contributed by atoms with Crippen molar-refractivity contribution in [3.8, 4) is 0 Å². The molecular weight excluding hydrogens is 352 g/mol. The fraction of sp³-hybridized carbons (Fsp3) is 0.136. The second-order valence-corrected chi connectivity index (χ2v) is 6.57. The van der Waals surface area contributed by atoms with Crippen LogP contribution in [0.15, 0.2) is 60.8 Å². The van der Waals surface area contributed by atoms with Crippen LogP contribution >= 0.6 is 0 Å². The van der Waals surface area contributed by atoms with Crippen molar-refractivity contribution in [2.75, 3.05) is 16.0 Å². The summed E-state index contributed by atoms with van der Waals surface area (Å²) in [6.45, 7) is 5.46. The molecule has 3 N–H and O–H groups in total. The summed E-state index contributed by atoms with van der Waals surface area (Å²) in [5, 5.41) is 8.76. The summed E-state index contributed by atoms with van der Waals surface area (Å²) in [4.78, 5) is 27.9. The number of hydrogen-bond acceptors (Lipinski definition) is 4. The van der Waals surface area contributed by atoms with Crippen LogP contribution in [-0.4, -0.2) is 16.8 Å². The lowest BCUT2D eigenvalue weighted by molar-refractivity contribution is -0.114. The lowest BCUT2D eigenvalue weighted by Gasteiger charge is -2.10. The number of benzene rings is 2. The molecule has 0 saturated heterocycles. The van der Waals surface area contributed by atoms with Gasteiger partial charge in [-0.15, -0.1) is 0 Å². The van der Waals surface area contributed by atoms with Gasteiger partial charge in [-0.3, -0.25) is 9.59 Å². The summed E-state index contributed by atoms with van der Waals surface area (Å²) in [7, 11) is 0. The quantitative estimate of drug-likeness (QED) is 0.607. The molecule has 0 aliphatic heterocycles. The molecule has 0 aliphatic rings. The molecule has 0 unspecified atom stereocenters. The van der Waals surface area contributed by atoms with E-state index in [4.69, 9.17) is 0 Å². The third-order valence-corrected chi connectivity index (χ3v) is 4.25. The van der Waals surface area contributed by atoms with Gasteiger partial charge in [0.2, 0.25) is 5.91 Å². The van der Waals surface area contributed by atoms with Crippen molar-refractivity contribution >= 4 is 34.7 Å². The first-order valence-corrected chi connectivity index (χ1v) is 8.90. The second-order valence-electron chi connectivity index (χ2n) is 6.57. The maximum Gasteiger partial charge on any atom is 0.255 e. The van der Waals surface area contributed by atoms with E-state index in [1.807, 2.05) is 56.3 Å². The molecule has 0 spiro atoms.